The van der Waals surface area contributed by atoms with Gasteiger partial charge >= 0.3 is 0 Å². The lowest BCUT2D eigenvalue weighted by Crippen LogP contribution is -2.07. The molecule has 0 aliphatic rings. The van der Waals surface area contributed by atoms with Crippen LogP contribution in [-0.4, -0.2) is 11.6 Å². The number of aromatic nitrogens is 1. The molecule has 1 aromatic carbocycles. The van der Waals surface area contributed by atoms with E-state index in [9.17, 15) is 0 Å². The molecule has 0 saturated heterocycles. The van der Waals surface area contributed by atoms with E-state index in [0.717, 1.165) is 15.8 Å². The van der Waals surface area contributed by atoms with E-state index in [0.29, 0.717) is 30.0 Å². The Bertz CT molecular complexity index is 630. The Kier molecular flexibility index (Phi) is 5.07. The number of rotatable bonds is 5. The van der Waals surface area contributed by atoms with Gasteiger partial charge in [0.25, 0.3) is 0 Å². The summed E-state index contributed by atoms with van der Waals surface area (Å²) in [6.07, 6.45) is 0. The second-order valence-electron chi connectivity index (χ2n) is 5.26. The van der Waals surface area contributed by atoms with E-state index >= 15 is 0 Å². The first-order valence-electron chi connectivity index (χ1n) is 6.79. The first-order chi connectivity index (χ1) is 9.95. The van der Waals surface area contributed by atoms with Crippen molar-refractivity contribution in [2.45, 2.75) is 20.8 Å². The van der Waals surface area contributed by atoms with Crippen LogP contribution in [0, 0.1) is 12.8 Å². The van der Waals surface area contributed by atoms with Crippen molar-refractivity contribution in [3.63, 3.8) is 0 Å². The van der Waals surface area contributed by atoms with Crippen LogP contribution < -0.4 is 15.2 Å². The van der Waals surface area contributed by atoms with E-state index < -0.39 is 0 Å². The third kappa shape index (κ3) is 4.36. The highest BCUT2D eigenvalue weighted by Crippen LogP contribution is 2.28. The molecule has 0 spiro atoms. The van der Waals surface area contributed by atoms with Crippen LogP contribution in [0.5, 0.6) is 17.5 Å². The standard InChI is InChI=1S/C16H19BrN2O2/c1-10(2)9-20-16-14(18)6-7-15(19-16)21-12-4-5-13(17)11(3)8-12/h4-8,10H,9,18H2,1-3H3. The number of nitrogens with two attached hydrogens (primary N) is 1. The zero-order valence-electron chi connectivity index (χ0n) is 12.4. The third-order valence-corrected chi connectivity index (χ3v) is 3.66. The molecular weight excluding hydrogens is 332 g/mol. The molecule has 2 aromatic rings. The minimum Gasteiger partial charge on any atom is -0.476 e. The topological polar surface area (TPSA) is 57.4 Å². The summed E-state index contributed by atoms with van der Waals surface area (Å²) < 4.78 is 12.4. The van der Waals surface area contributed by atoms with Crippen LogP contribution in [0.25, 0.3) is 0 Å². The lowest BCUT2D eigenvalue weighted by molar-refractivity contribution is 0.260. The normalized spacial score (nSPS) is 10.7. The van der Waals surface area contributed by atoms with Gasteiger partial charge in [0.2, 0.25) is 11.8 Å². The van der Waals surface area contributed by atoms with Crippen molar-refractivity contribution in [1.82, 2.24) is 4.98 Å². The lowest BCUT2D eigenvalue weighted by atomic mass is 10.2. The van der Waals surface area contributed by atoms with Crippen LogP contribution in [0.3, 0.4) is 0 Å². The van der Waals surface area contributed by atoms with E-state index in [1.807, 2.05) is 25.1 Å². The van der Waals surface area contributed by atoms with Crippen LogP contribution in [0.15, 0.2) is 34.8 Å². The van der Waals surface area contributed by atoms with Crippen LogP contribution in [-0.2, 0) is 0 Å². The predicted molar refractivity (Wildman–Crippen MR) is 87.9 cm³/mol. The van der Waals surface area contributed by atoms with Gasteiger partial charge in [0, 0.05) is 10.5 Å². The number of hydrogen-bond acceptors (Lipinski definition) is 4. The SMILES string of the molecule is Cc1cc(Oc2ccc(N)c(OCC(C)C)n2)ccc1Br. The molecule has 0 atom stereocenters. The summed E-state index contributed by atoms with van der Waals surface area (Å²) in [5.41, 5.74) is 7.47. The molecule has 0 fully saturated rings. The van der Waals surface area contributed by atoms with E-state index in [4.69, 9.17) is 15.2 Å². The Morgan fingerprint density at radius 3 is 2.67 bits per heavy atom. The number of halogens is 1. The van der Waals surface area contributed by atoms with Crippen molar-refractivity contribution in [3.05, 3.63) is 40.4 Å². The minimum atomic E-state index is 0.407. The molecule has 1 aromatic heterocycles. The van der Waals surface area contributed by atoms with Gasteiger partial charge < -0.3 is 15.2 Å². The van der Waals surface area contributed by atoms with Crippen molar-refractivity contribution in [2.75, 3.05) is 12.3 Å². The quantitative estimate of drug-likeness (QED) is 0.858. The van der Waals surface area contributed by atoms with Gasteiger partial charge in [-0.05, 0) is 42.7 Å². The largest absolute Gasteiger partial charge is 0.476 e. The number of anilines is 1. The molecule has 5 heteroatoms. The summed E-state index contributed by atoms with van der Waals surface area (Å²) in [6, 6.07) is 9.23. The van der Waals surface area contributed by atoms with Gasteiger partial charge in [0.05, 0.1) is 12.3 Å². The molecule has 1 heterocycles. The molecule has 2 N–H and O–H groups in total. The molecule has 4 nitrogen and oxygen atoms in total. The minimum absolute atomic E-state index is 0.407. The van der Waals surface area contributed by atoms with E-state index in [2.05, 4.69) is 34.8 Å². The second kappa shape index (κ2) is 6.80. The van der Waals surface area contributed by atoms with Crippen LogP contribution >= 0.6 is 15.9 Å². The van der Waals surface area contributed by atoms with Crippen molar-refractivity contribution in [2.24, 2.45) is 5.92 Å². The number of nitrogen functional groups attached to an aromatic ring is 1. The summed E-state index contributed by atoms with van der Waals surface area (Å²) in [5, 5.41) is 0. The molecule has 0 saturated carbocycles. The highest BCUT2D eigenvalue weighted by molar-refractivity contribution is 9.10. The van der Waals surface area contributed by atoms with Gasteiger partial charge in [0.1, 0.15) is 5.75 Å². The van der Waals surface area contributed by atoms with Crippen LogP contribution in [0.2, 0.25) is 0 Å². The summed E-state index contributed by atoms with van der Waals surface area (Å²) in [6.45, 7) is 6.71. The van der Waals surface area contributed by atoms with Gasteiger partial charge in [-0.25, -0.2) is 0 Å². The first kappa shape index (κ1) is 15.6. The third-order valence-electron chi connectivity index (χ3n) is 2.77. The Morgan fingerprint density at radius 2 is 2.00 bits per heavy atom. The maximum absolute atomic E-state index is 5.86. The molecule has 21 heavy (non-hydrogen) atoms. The Hall–Kier alpha value is -1.75. The summed E-state index contributed by atoms with van der Waals surface area (Å²) in [4.78, 5) is 4.31. The predicted octanol–water partition coefficient (Wildman–Crippen LogP) is 4.56. The Morgan fingerprint density at radius 1 is 1.24 bits per heavy atom. The van der Waals surface area contributed by atoms with Gasteiger partial charge in [-0.1, -0.05) is 29.8 Å². The smallest absolute Gasteiger partial charge is 0.240 e. The van der Waals surface area contributed by atoms with Gasteiger partial charge in [-0.2, -0.15) is 4.98 Å². The number of hydrogen-bond donors (Lipinski definition) is 1. The molecular formula is C16H19BrN2O2. The molecule has 0 radical (unpaired) electrons. The monoisotopic (exact) mass is 350 g/mol. The average Bonchev–Trinajstić information content (AvgIpc) is 2.43. The Balaban J connectivity index is 2.16. The fourth-order valence-corrected chi connectivity index (χ4v) is 1.90. The number of pyridine rings is 1. The fraction of sp³-hybridized carbons (Fsp3) is 0.312. The average molecular weight is 351 g/mol. The van der Waals surface area contributed by atoms with E-state index in [1.54, 1.807) is 12.1 Å². The number of nitrogens with zero attached hydrogens (tertiary/aromatic N) is 1. The van der Waals surface area contributed by atoms with Crippen molar-refractivity contribution in [1.29, 1.82) is 0 Å². The molecule has 0 unspecified atom stereocenters. The fourth-order valence-electron chi connectivity index (χ4n) is 1.65. The van der Waals surface area contributed by atoms with Gasteiger partial charge in [-0.15, -0.1) is 0 Å². The maximum atomic E-state index is 5.86. The summed E-state index contributed by atoms with van der Waals surface area (Å²) in [5.74, 6) is 2.01. The molecule has 112 valence electrons. The van der Waals surface area contributed by atoms with Crippen molar-refractivity contribution >= 4 is 21.6 Å². The van der Waals surface area contributed by atoms with Gasteiger partial charge in [0.15, 0.2) is 0 Å². The van der Waals surface area contributed by atoms with Crippen LogP contribution in [0.4, 0.5) is 5.69 Å². The molecule has 2 rings (SSSR count). The highest BCUT2D eigenvalue weighted by atomic mass is 79.9. The molecule has 0 aliphatic heterocycles. The van der Waals surface area contributed by atoms with E-state index in [-0.39, 0.29) is 0 Å². The lowest BCUT2D eigenvalue weighted by Gasteiger charge is -2.12. The number of benzene rings is 1. The summed E-state index contributed by atoms with van der Waals surface area (Å²) in [7, 11) is 0. The zero-order valence-corrected chi connectivity index (χ0v) is 14.0. The highest BCUT2D eigenvalue weighted by Gasteiger charge is 2.08. The number of ether oxygens (including phenoxy) is 2. The Labute approximate surface area is 133 Å². The first-order valence-corrected chi connectivity index (χ1v) is 7.58. The number of aryl methyl sites for hydroxylation is 1. The molecule has 0 bridgehead atoms. The van der Waals surface area contributed by atoms with Gasteiger partial charge in [-0.3, -0.25) is 0 Å². The zero-order chi connectivity index (χ0) is 15.4. The van der Waals surface area contributed by atoms with Crippen molar-refractivity contribution < 1.29 is 9.47 Å². The van der Waals surface area contributed by atoms with E-state index in [1.165, 1.54) is 0 Å². The van der Waals surface area contributed by atoms with Crippen molar-refractivity contribution in [3.8, 4) is 17.5 Å². The summed E-state index contributed by atoms with van der Waals surface area (Å²) >= 11 is 3.46. The molecule has 0 amide bonds. The second-order valence-corrected chi connectivity index (χ2v) is 6.12. The van der Waals surface area contributed by atoms with Crippen LogP contribution in [0.1, 0.15) is 19.4 Å². The maximum Gasteiger partial charge on any atom is 0.240 e. The molecule has 0 aliphatic carbocycles.